The van der Waals surface area contributed by atoms with Crippen LogP contribution in [0.1, 0.15) is 69.2 Å². The third kappa shape index (κ3) is 8.59. The van der Waals surface area contributed by atoms with Crippen LogP contribution < -0.4 is 0 Å². The molecule has 0 spiro atoms. The van der Waals surface area contributed by atoms with Crippen LogP contribution in [-0.4, -0.2) is 66.1 Å². The summed E-state index contributed by atoms with van der Waals surface area (Å²) in [5.41, 5.74) is 0. The van der Waals surface area contributed by atoms with Crippen LogP contribution in [0.15, 0.2) is 0 Å². The Bertz CT molecular complexity index is 663. The molecule has 10 heteroatoms. The van der Waals surface area contributed by atoms with Crippen molar-refractivity contribution in [2.45, 2.75) is 152 Å². The standard InChI is InChI=1S/C26H55IO6Si3/c1-13-35(14-2,15-3)32-23-21(19-29-34(11,12)26(8,9)10)31-25(30-20(7)28)22(27)24(23)33-36(16-4,17-5)18-6/h21-25H,13-19H2,1-12H3/t21-,22-,23+,24-,25-/m1/s1. The SMILES string of the molecule is CC[Si](CC)(CC)O[C@@H]1[C@@H](I)[C@H](OC(C)=O)O[C@H](CO[Si](C)(C)C(C)(C)C)[C@@H]1O[Si](CC)(CC)CC. The molecule has 0 radical (unpaired) electrons. The van der Waals surface area contributed by atoms with E-state index in [1.165, 1.54) is 6.92 Å². The van der Waals surface area contributed by atoms with E-state index >= 15 is 0 Å². The second kappa shape index (κ2) is 14.4. The number of alkyl halides is 1. The molecule has 0 aliphatic carbocycles. The van der Waals surface area contributed by atoms with Crippen molar-refractivity contribution in [1.29, 1.82) is 0 Å². The van der Waals surface area contributed by atoms with Crippen molar-refractivity contribution in [3.8, 4) is 0 Å². The van der Waals surface area contributed by atoms with Crippen molar-refractivity contribution in [3.05, 3.63) is 0 Å². The van der Waals surface area contributed by atoms with Crippen molar-refractivity contribution in [3.63, 3.8) is 0 Å². The molecule has 1 aliphatic rings. The van der Waals surface area contributed by atoms with Crippen LogP contribution in [0.2, 0.25) is 54.4 Å². The number of carbonyl (C=O) groups is 1. The Kier molecular flexibility index (Phi) is 13.8. The summed E-state index contributed by atoms with van der Waals surface area (Å²) in [5.74, 6) is -0.340. The number of hydrogen-bond acceptors (Lipinski definition) is 6. The predicted molar refractivity (Wildman–Crippen MR) is 166 cm³/mol. The minimum Gasteiger partial charge on any atom is -0.435 e. The van der Waals surface area contributed by atoms with Gasteiger partial charge in [0.2, 0.25) is 6.29 Å². The highest BCUT2D eigenvalue weighted by atomic mass is 127. The summed E-state index contributed by atoms with van der Waals surface area (Å²) in [6, 6.07) is 6.31. The average Bonchev–Trinajstić information content (AvgIpc) is 2.82. The number of carbonyl (C=O) groups excluding carboxylic acids is 1. The Balaban J connectivity index is 3.55. The summed E-state index contributed by atoms with van der Waals surface area (Å²) in [7, 11) is -6.00. The van der Waals surface area contributed by atoms with Gasteiger partial charge in [0, 0.05) is 6.92 Å². The van der Waals surface area contributed by atoms with Crippen LogP contribution in [0.5, 0.6) is 0 Å². The fraction of sp³-hybridized carbons (Fsp3) is 0.962. The van der Waals surface area contributed by atoms with E-state index in [-0.39, 0.29) is 33.2 Å². The molecule has 0 N–H and O–H groups in total. The summed E-state index contributed by atoms with van der Waals surface area (Å²) in [6.07, 6.45) is -1.49. The van der Waals surface area contributed by atoms with E-state index < -0.39 is 31.2 Å². The highest BCUT2D eigenvalue weighted by Crippen LogP contribution is 2.41. The van der Waals surface area contributed by atoms with Gasteiger partial charge in [-0.05, 0) is 54.4 Å². The van der Waals surface area contributed by atoms with E-state index in [1.807, 2.05) is 0 Å². The monoisotopic (exact) mass is 674 g/mol. The predicted octanol–water partition coefficient (Wildman–Crippen LogP) is 7.88. The Labute approximate surface area is 238 Å². The first-order chi connectivity index (χ1) is 16.6. The van der Waals surface area contributed by atoms with Crippen molar-refractivity contribution in [1.82, 2.24) is 0 Å². The van der Waals surface area contributed by atoms with E-state index in [1.54, 1.807) is 0 Å². The molecule has 1 fully saturated rings. The molecule has 214 valence electrons. The van der Waals surface area contributed by atoms with Crippen molar-refractivity contribution in [2.24, 2.45) is 0 Å². The van der Waals surface area contributed by atoms with Crippen LogP contribution in [-0.2, 0) is 27.5 Å². The van der Waals surface area contributed by atoms with E-state index in [4.69, 9.17) is 22.8 Å². The number of hydrogen-bond donors (Lipinski definition) is 0. The highest BCUT2D eigenvalue weighted by molar-refractivity contribution is 14.1. The average molecular weight is 675 g/mol. The van der Waals surface area contributed by atoms with Gasteiger partial charge in [0.05, 0.1) is 18.8 Å². The van der Waals surface area contributed by atoms with Crippen LogP contribution in [0.4, 0.5) is 0 Å². The lowest BCUT2D eigenvalue weighted by molar-refractivity contribution is -0.238. The van der Waals surface area contributed by atoms with Crippen LogP contribution in [0.3, 0.4) is 0 Å². The fourth-order valence-corrected chi connectivity index (χ4v) is 12.5. The molecule has 6 nitrogen and oxygen atoms in total. The summed E-state index contributed by atoms with van der Waals surface area (Å²) >= 11 is 2.37. The lowest BCUT2D eigenvalue weighted by Crippen LogP contribution is -2.64. The van der Waals surface area contributed by atoms with Gasteiger partial charge in [-0.2, -0.15) is 0 Å². The number of halogens is 1. The smallest absolute Gasteiger partial charge is 0.304 e. The molecular formula is C26H55IO6Si3. The van der Waals surface area contributed by atoms with Crippen LogP contribution >= 0.6 is 22.6 Å². The maximum absolute atomic E-state index is 12.0. The molecule has 0 aromatic heterocycles. The second-order valence-electron chi connectivity index (χ2n) is 11.8. The van der Waals surface area contributed by atoms with Crippen LogP contribution in [0.25, 0.3) is 0 Å². The zero-order valence-electron chi connectivity index (χ0n) is 25.2. The molecule has 36 heavy (non-hydrogen) atoms. The van der Waals surface area contributed by atoms with E-state index in [0.29, 0.717) is 6.61 Å². The summed E-state index contributed by atoms with van der Waals surface area (Å²) < 4.78 is 33.2. The minimum absolute atomic E-state index is 0.0818. The number of ether oxygens (including phenoxy) is 2. The van der Waals surface area contributed by atoms with Gasteiger partial charge in [-0.25, -0.2) is 0 Å². The van der Waals surface area contributed by atoms with Gasteiger partial charge >= 0.3 is 5.97 Å². The Morgan fingerprint density at radius 1 is 0.833 bits per heavy atom. The second-order valence-corrected chi connectivity index (χ2v) is 27.5. The zero-order valence-corrected chi connectivity index (χ0v) is 30.3. The molecule has 0 bridgehead atoms. The van der Waals surface area contributed by atoms with Gasteiger partial charge < -0.3 is 22.8 Å². The summed E-state index contributed by atoms with van der Waals surface area (Å²) in [5, 5.41) is 0.0818. The number of rotatable bonds is 14. The van der Waals surface area contributed by atoms with Crippen molar-refractivity contribution >= 4 is 53.5 Å². The molecule has 5 atom stereocenters. The molecule has 1 heterocycles. The zero-order chi connectivity index (χ0) is 27.9. The Hall–Kier alpha value is 0.691. The summed E-state index contributed by atoms with van der Waals surface area (Å²) in [4.78, 5) is 12.0. The topological polar surface area (TPSA) is 63.2 Å². The van der Waals surface area contributed by atoms with Gasteiger partial charge in [0.1, 0.15) is 10.0 Å². The molecular weight excluding hydrogens is 619 g/mol. The van der Waals surface area contributed by atoms with Crippen molar-refractivity contribution in [2.75, 3.05) is 6.61 Å². The lowest BCUT2D eigenvalue weighted by atomic mass is 10.0. The quantitative estimate of drug-likeness (QED) is 0.0809. The Morgan fingerprint density at radius 3 is 1.61 bits per heavy atom. The molecule has 1 rings (SSSR count). The molecule has 0 aromatic carbocycles. The maximum Gasteiger partial charge on any atom is 0.304 e. The Morgan fingerprint density at radius 2 is 1.25 bits per heavy atom. The van der Waals surface area contributed by atoms with Crippen molar-refractivity contribution < 1.29 is 27.5 Å². The lowest BCUT2D eigenvalue weighted by Gasteiger charge is -2.50. The van der Waals surface area contributed by atoms with Gasteiger partial charge in [-0.15, -0.1) is 0 Å². The maximum atomic E-state index is 12.0. The highest BCUT2D eigenvalue weighted by Gasteiger charge is 2.53. The van der Waals surface area contributed by atoms with Gasteiger partial charge in [-0.1, -0.05) is 84.9 Å². The van der Waals surface area contributed by atoms with Gasteiger partial charge in [0.15, 0.2) is 25.0 Å². The van der Waals surface area contributed by atoms with E-state index in [0.717, 1.165) is 36.3 Å². The van der Waals surface area contributed by atoms with E-state index in [9.17, 15) is 4.79 Å². The van der Waals surface area contributed by atoms with E-state index in [2.05, 4.69) is 98.0 Å². The largest absolute Gasteiger partial charge is 0.435 e. The molecule has 0 unspecified atom stereocenters. The first kappa shape index (κ1) is 34.7. The minimum atomic E-state index is -2.03. The van der Waals surface area contributed by atoms with Gasteiger partial charge in [-0.3, -0.25) is 4.79 Å². The molecule has 0 aromatic rings. The first-order valence-corrected chi connectivity index (χ1v) is 23.3. The first-order valence-electron chi connectivity index (χ1n) is 14.1. The fourth-order valence-electron chi connectivity index (χ4n) is 4.62. The normalized spacial score (nSPS) is 26.2. The molecule has 0 amide bonds. The molecule has 1 aliphatic heterocycles. The van der Waals surface area contributed by atoms with Gasteiger partial charge in [0.25, 0.3) is 0 Å². The molecule has 0 saturated carbocycles. The third-order valence-corrected chi connectivity index (χ3v) is 24.0. The third-order valence-electron chi connectivity index (χ3n) is 8.91. The molecule has 1 saturated heterocycles. The summed E-state index contributed by atoms with van der Waals surface area (Å²) in [6.45, 7) is 26.6. The number of esters is 1. The van der Waals surface area contributed by atoms with Crippen LogP contribution in [0, 0.1) is 0 Å².